The second kappa shape index (κ2) is 5.50. The Bertz CT molecular complexity index is 645. The Hall–Kier alpha value is -1.26. The van der Waals surface area contributed by atoms with Crippen LogP contribution < -0.4 is 4.74 Å². The molecule has 0 saturated carbocycles. The maximum Gasteiger partial charge on any atom is 0.146 e. The number of para-hydroxylation sites is 1. The Morgan fingerprint density at radius 3 is 2.71 bits per heavy atom. The molecule has 4 nitrogen and oxygen atoms in total. The van der Waals surface area contributed by atoms with Gasteiger partial charge in [-0.3, -0.25) is 0 Å². The zero-order valence-electron chi connectivity index (χ0n) is 12.7. The fraction of sp³-hybridized carbons (Fsp3) is 0.562. The fourth-order valence-corrected chi connectivity index (χ4v) is 3.27. The van der Waals surface area contributed by atoms with Crippen molar-refractivity contribution in [2.75, 3.05) is 20.3 Å². The molecule has 2 aromatic rings. The molecule has 1 unspecified atom stereocenters. The largest absolute Gasteiger partial charge is 0.494 e. The number of nitrogens with zero attached hydrogens (tertiary/aromatic N) is 2. The van der Waals surface area contributed by atoms with Crippen LogP contribution in [0.15, 0.2) is 18.2 Å². The van der Waals surface area contributed by atoms with E-state index in [2.05, 4.69) is 17.6 Å². The molecule has 2 heterocycles. The highest BCUT2D eigenvalue weighted by Crippen LogP contribution is 2.38. The summed E-state index contributed by atoms with van der Waals surface area (Å²) in [6, 6.07) is 6.04. The zero-order chi connectivity index (χ0) is 15.0. The number of benzene rings is 1. The van der Waals surface area contributed by atoms with Gasteiger partial charge in [0.15, 0.2) is 0 Å². The normalized spacial score (nSPS) is 19.6. The van der Waals surface area contributed by atoms with Crippen LogP contribution in [0.2, 0.25) is 0 Å². The number of halogens is 1. The number of fused-ring (bicyclic) bond motifs is 1. The van der Waals surface area contributed by atoms with Crippen LogP contribution >= 0.6 is 11.6 Å². The minimum absolute atomic E-state index is 0.0160. The van der Waals surface area contributed by atoms with Crippen LogP contribution in [-0.4, -0.2) is 29.9 Å². The third-order valence-corrected chi connectivity index (χ3v) is 4.55. The van der Waals surface area contributed by atoms with Gasteiger partial charge in [-0.05, 0) is 38.8 Å². The van der Waals surface area contributed by atoms with Crippen molar-refractivity contribution in [1.82, 2.24) is 9.55 Å². The molecule has 1 atom stereocenters. The molecule has 1 aromatic heterocycles. The molecule has 1 aromatic carbocycles. The molecule has 3 rings (SSSR count). The van der Waals surface area contributed by atoms with Crippen molar-refractivity contribution in [2.45, 2.75) is 37.6 Å². The van der Waals surface area contributed by atoms with Crippen LogP contribution in [0.1, 0.15) is 37.9 Å². The highest BCUT2D eigenvalue weighted by atomic mass is 35.5. The summed E-state index contributed by atoms with van der Waals surface area (Å²) in [5, 5.41) is -0.151. The predicted molar refractivity (Wildman–Crippen MR) is 84.3 cm³/mol. The van der Waals surface area contributed by atoms with Gasteiger partial charge in [0.05, 0.1) is 18.0 Å². The lowest BCUT2D eigenvalue weighted by Crippen LogP contribution is -2.37. The molecule has 0 bridgehead atoms. The summed E-state index contributed by atoms with van der Waals surface area (Å²) in [6.45, 7) is 5.78. The van der Waals surface area contributed by atoms with E-state index in [9.17, 15) is 0 Å². The number of aromatic nitrogens is 2. The van der Waals surface area contributed by atoms with Crippen molar-refractivity contribution in [3.63, 3.8) is 0 Å². The van der Waals surface area contributed by atoms with Gasteiger partial charge in [-0.1, -0.05) is 6.07 Å². The standard InChI is InChI=1S/C16H21ClN2O2/c1-11(17)15-18-14-12(5-4-6-13(14)20-3)19(15)16(2)7-9-21-10-8-16/h4-6,11H,7-10H2,1-3H3. The maximum absolute atomic E-state index is 6.40. The van der Waals surface area contributed by atoms with Crippen molar-refractivity contribution in [2.24, 2.45) is 0 Å². The van der Waals surface area contributed by atoms with E-state index in [0.29, 0.717) is 0 Å². The van der Waals surface area contributed by atoms with Crippen molar-refractivity contribution in [3.05, 3.63) is 24.0 Å². The smallest absolute Gasteiger partial charge is 0.146 e. The number of hydrogen-bond acceptors (Lipinski definition) is 3. The predicted octanol–water partition coefficient (Wildman–Crippen LogP) is 3.87. The molecule has 0 amide bonds. The Morgan fingerprint density at radius 2 is 2.10 bits per heavy atom. The van der Waals surface area contributed by atoms with Crippen LogP contribution in [0, 0.1) is 0 Å². The van der Waals surface area contributed by atoms with E-state index in [4.69, 9.17) is 26.1 Å². The molecule has 114 valence electrons. The summed E-state index contributed by atoms with van der Waals surface area (Å²) < 4.78 is 13.3. The summed E-state index contributed by atoms with van der Waals surface area (Å²) in [5.74, 6) is 1.70. The summed E-state index contributed by atoms with van der Waals surface area (Å²) in [5.41, 5.74) is 1.95. The lowest BCUT2D eigenvalue weighted by molar-refractivity contribution is 0.0300. The quantitative estimate of drug-likeness (QED) is 0.808. The second-order valence-electron chi connectivity index (χ2n) is 5.86. The van der Waals surface area contributed by atoms with Gasteiger partial charge in [-0.2, -0.15) is 0 Å². The number of methoxy groups -OCH3 is 1. The van der Waals surface area contributed by atoms with E-state index < -0.39 is 0 Å². The van der Waals surface area contributed by atoms with Crippen molar-refractivity contribution >= 4 is 22.6 Å². The first-order valence-electron chi connectivity index (χ1n) is 7.34. The number of rotatable bonds is 3. The van der Waals surface area contributed by atoms with Crippen LogP contribution in [-0.2, 0) is 10.3 Å². The van der Waals surface area contributed by atoms with Crippen LogP contribution in [0.5, 0.6) is 5.75 Å². The summed E-state index contributed by atoms with van der Waals surface area (Å²) in [6.07, 6.45) is 1.93. The molecule has 1 fully saturated rings. The fourth-order valence-electron chi connectivity index (χ4n) is 3.13. The molecule has 1 aliphatic rings. The van der Waals surface area contributed by atoms with E-state index in [1.54, 1.807) is 7.11 Å². The Morgan fingerprint density at radius 1 is 1.38 bits per heavy atom. The van der Waals surface area contributed by atoms with E-state index in [-0.39, 0.29) is 10.9 Å². The number of imidazole rings is 1. The minimum Gasteiger partial charge on any atom is -0.494 e. The lowest BCUT2D eigenvalue weighted by atomic mass is 9.91. The van der Waals surface area contributed by atoms with Gasteiger partial charge in [-0.15, -0.1) is 11.6 Å². The number of alkyl halides is 1. The van der Waals surface area contributed by atoms with Gasteiger partial charge >= 0.3 is 0 Å². The van der Waals surface area contributed by atoms with E-state index in [0.717, 1.165) is 48.7 Å². The van der Waals surface area contributed by atoms with Gasteiger partial charge < -0.3 is 14.0 Å². The molecular weight excluding hydrogens is 288 g/mol. The van der Waals surface area contributed by atoms with Gasteiger partial charge in [0, 0.05) is 18.8 Å². The Labute approximate surface area is 130 Å². The number of ether oxygens (including phenoxy) is 2. The highest BCUT2D eigenvalue weighted by molar-refractivity contribution is 6.20. The van der Waals surface area contributed by atoms with E-state index in [1.807, 2.05) is 19.1 Å². The Kier molecular flexibility index (Phi) is 3.84. The molecule has 0 radical (unpaired) electrons. The second-order valence-corrected chi connectivity index (χ2v) is 6.51. The monoisotopic (exact) mass is 308 g/mol. The van der Waals surface area contributed by atoms with Crippen LogP contribution in [0.3, 0.4) is 0 Å². The SMILES string of the molecule is COc1cccc2c1nc(C(C)Cl)n2C1(C)CCOCC1. The molecule has 1 saturated heterocycles. The van der Waals surface area contributed by atoms with Crippen LogP contribution in [0.4, 0.5) is 0 Å². The molecule has 0 N–H and O–H groups in total. The lowest BCUT2D eigenvalue weighted by Gasteiger charge is -2.37. The first-order valence-corrected chi connectivity index (χ1v) is 7.78. The molecule has 0 aliphatic carbocycles. The van der Waals surface area contributed by atoms with Crippen LogP contribution in [0.25, 0.3) is 11.0 Å². The third-order valence-electron chi connectivity index (χ3n) is 4.36. The Balaban J connectivity index is 2.26. The zero-order valence-corrected chi connectivity index (χ0v) is 13.5. The minimum atomic E-state index is -0.151. The molecule has 1 aliphatic heterocycles. The summed E-state index contributed by atoms with van der Waals surface area (Å²) >= 11 is 6.40. The maximum atomic E-state index is 6.40. The average Bonchev–Trinajstić information content (AvgIpc) is 2.88. The summed E-state index contributed by atoms with van der Waals surface area (Å²) in [4.78, 5) is 4.77. The van der Waals surface area contributed by atoms with Gasteiger partial charge in [0.1, 0.15) is 17.1 Å². The summed E-state index contributed by atoms with van der Waals surface area (Å²) in [7, 11) is 1.67. The highest BCUT2D eigenvalue weighted by Gasteiger charge is 2.34. The van der Waals surface area contributed by atoms with E-state index >= 15 is 0 Å². The van der Waals surface area contributed by atoms with E-state index in [1.165, 1.54) is 0 Å². The van der Waals surface area contributed by atoms with Gasteiger partial charge in [-0.25, -0.2) is 4.98 Å². The molecule has 0 spiro atoms. The molecular formula is C16H21ClN2O2. The first-order chi connectivity index (χ1) is 10.1. The topological polar surface area (TPSA) is 36.3 Å². The first kappa shape index (κ1) is 14.7. The van der Waals surface area contributed by atoms with Gasteiger partial charge in [0.2, 0.25) is 0 Å². The van der Waals surface area contributed by atoms with Crippen molar-refractivity contribution in [1.29, 1.82) is 0 Å². The van der Waals surface area contributed by atoms with Crippen molar-refractivity contribution < 1.29 is 9.47 Å². The van der Waals surface area contributed by atoms with Crippen molar-refractivity contribution in [3.8, 4) is 5.75 Å². The van der Waals surface area contributed by atoms with Gasteiger partial charge in [0.25, 0.3) is 0 Å². The molecule has 5 heteroatoms. The third kappa shape index (κ3) is 2.40. The molecule has 21 heavy (non-hydrogen) atoms. The number of hydrogen-bond donors (Lipinski definition) is 0. The average molecular weight is 309 g/mol.